The lowest BCUT2D eigenvalue weighted by molar-refractivity contribution is 0.0372. The Kier molecular flexibility index (Phi) is 7.79. The van der Waals surface area contributed by atoms with Gasteiger partial charge < -0.3 is 14.7 Å². The van der Waals surface area contributed by atoms with E-state index in [2.05, 4.69) is 76.4 Å². The first-order chi connectivity index (χ1) is 15.6. The molecular formula is C25H38N6O. The Morgan fingerprint density at radius 2 is 2.06 bits per heavy atom. The second-order valence-electron chi connectivity index (χ2n) is 9.35. The van der Waals surface area contributed by atoms with Crippen LogP contribution < -0.4 is 5.32 Å². The molecule has 0 radical (unpaired) electrons. The van der Waals surface area contributed by atoms with E-state index in [-0.39, 0.29) is 5.92 Å². The van der Waals surface area contributed by atoms with Gasteiger partial charge in [0.05, 0.1) is 6.54 Å². The summed E-state index contributed by atoms with van der Waals surface area (Å²) in [5.41, 5.74) is 1.42. The molecule has 0 bridgehead atoms. The Labute approximate surface area is 192 Å². The quantitative estimate of drug-likeness (QED) is 0.525. The maximum absolute atomic E-state index is 5.37. The third-order valence-corrected chi connectivity index (χ3v) is 6.63. The number of rotatable bonds is 7. The molecule has 0 saturated carbocycles. The molecule has 2 atom stereocenters. The monoisotopic (exact) mass is 438 g/mol. The zero-order chi connectivity index (χ0) is 22.3. The van der Waals surface area contributed by atoms with E-state index in [0.717, 1.165) is 38.0 Å². The van der Waals surface area contributed by atoms with Crippen molar-refractivity contribution in [3.8, 4) is 0 Å². The number of hydrogen-bond acceptors (Lipinski definition) is 5. The first-order valence-corrected chi connectivity index (χ1v) is 12.3. The average molecular weight is 439 g/mol. The van der Waals surface area contributed by atoms with Crippen LogP contribution in [0, 0.1) is 5.92 Å². The van der Waals surface area contributed by atoms with Gasteiger partial charge in [-0.15, -0.1) is 0 Å². The van der Waals surface area contributed by atoms with Crippen molar-refractivity contribution in [1.82, 2.24) is 25.3 Å². The first-order valence-electron chi connectivity index (χ1n) is 12.3. The predicted molar refractivity (Wildman–Crippen MR) is 128 cm³/mol. The first kappa shape index (κ1) is 22.8. The van der Waals surface area contributed by atoms with Crippen LogP contribution in [0.5, 0.6) is 0 Å². The zero-order valence-corrected chi connectivity index (χ0v) is 19.8. The van der Waals surface area contributed by atoms with Crippen LogP contribution in [0.3, 0.4) is 0 Å². The van der Waals surface area contributed by atoms with Gasteiger partial charge >= 0.3 is 0 Å². The summed E-state index contributed by atoms with van der Waals surface area (Å²) < 4.78 is 5.37. The van der Waals surface area contributed by atoms with Crippen LogP contribution in [-0.2, 0) is 13.0 Å². The van der Waals surface area contributed by atoms with Crippen molar-refractivity contribution in [1.29, 1.82) is 0 Å². The fourth-order valence-electron chi connectivity index (χ4n) is 5.00. The summed E-state index contributed by atoms with van der Waals surface area (Å²) in [7, 11) is 0. The fourth-order valence-corrected chi connectivity index (χ4v) is 5.00. The third kappa shape index (κ3) is 5.68. The molecule has 2 aliphatic heterocycles. The maximum Gasteiger partial charge on any atom is 0.228 e. The number of guanidine groups is 1. The summed E-state index contributed by atoms with van der Waals surface area (Å²) in [6.07, 6.45) is 4.47. The van der Waals surface area contributed by atoms with E-state index in [4.69, 9.17) is 9.52 Å². The van der Waals surface area contributed by atoms with Gasteiger partial charge in [-0.2, -0.15) is 4.98 Å². The summed E-state index contributed by atoms with van der Waals surface area (Å²) in [4.78, 5) is 14.6. The molecule has 1 aromatic heterocycles. The van der Waals surface area contributed by atoms with Gasteiger partial charge in [0.25, 0.3) is 0 Å². The molecule has 1 N–H and O–H groups in total. The normalized spacial score (nSPS) is 22.2. The lowest BCUT2D eigenvalue weighted by Crippen LogP contribution is -2.56. The topological polar surface area (TPSA) is 69.8 Å². The number of likely N-dealkylation sites (tertiary alicyclic amines) is 2. The van der Waals surface area contributed by atoms with E-state index < -0.39 is 0 Å². The smallest absolute Gasteiger partial charge is 0.228 e. The number of aliphatic imine (C=N–C) groups is 1. The van der Waals surface area contributed by atoms with Crippen molar-refractivity contribution < 1.29 is 4.52 Å². The number of fused-ring (bicyclic) bond motifs is 1. The minimum Gasteiger partial charge on any atom is -0.357 e. The number of hydrogen-bond donors (Lipinski definition) is 1. The highest BCUT2D eigenvalue weighted by atomic mass is 16.5. The molecule has 4 rings (SSSR count). The highest BCUT2D eigenvalue weighted by Crippen LogP contribution is 2.31. The fraction of sp³-hybridized carbons (Fsp3) is 0.640. The summed E-state index contributed by atoms with van der Waals surface area (Å²) in [5, 5.41) is 7.56. The van der Waals surface area contributed by atoms with Gasteiger partial charge in [0, 0.05) is 44.6 Å². The lowest BCUT2D eigenvalue weighted by Gasteiger charge is -2.48. The zero-order valence-electron chi connectivity index (χ0n) is 19.8. The average Bonchev–Trinajstić information content (AvgIpc) is 3.28. The second kappa shape index (κ2) is 10.9. The van der Waals surface area contributed by atoms with E-state index in [1.54, 1.807) is 0 Å². The van der Waals surface area contributed by atoms with E-state index in [1.165, 1.54) is 31.4 Å². The molecule has 7 nitrogen and oxygen atoms in total. The lowest BCUT2D eigenvalue weighted by atomic mass is 9.83. The Hall–Kier alpha value is -2.41. The van der Waals surface area contributed by atoms with Crippen molar-refractivity contribution in [2.75, 3.05) is 32.7 Å². The van der Waals surface area contributed by atoms with Crippen LogP contribution in [0.1, 0.15) is 63.2 Å². The number of nitrogens with zero attached hydrogens (tertiary/aromatic N) is 5. The number of benzene rings is 1. The second-order valence-corrected chi connectivity index (χ2v) is 9.35. The van der Waals surface area contributed by atoms with Crippen LogP contribution in [0.2, 0.25) is 0 Å². The van der Waals surface area contributed by atoms with Crippen LogP contribution in [0.25, 0.3) is 0 Å². The molecule has 2 aliphatic rings. The van der Waals surface area contributed by atoms with Gasteiger partial charge in [-0.3, -0.25) is 9.89 Å². The maximum atomic E-state index is 5.37. The Balaban J connectivity index is 1.35. The highest BCUT2D eigenvalue weighted by Gasteiger charge is 2.36. The molecule has 174 valence electrons. The van der Waals surface area contributed by atoms with Crippen LogP contribution in [0.4, 0.5) is 0 Å². The molecule has 2 saturated heterocycles. The molecule has 3 heterocycles. The number of aromatic nitrogens is 2. The van der Waals surface area contributed by atoms with Crippen molar-refractivity contribution in [3.63, 3.8) is 0 Å². The minimum absolute atomic E-state index is 0.284. The molecular weight excluding hydrogens is 400 g/mol. The summed E-state index contributed by atoms with van der Waals surface area (Å²) >= 11 is 0. The molecule has 2 aromatic rings. The van der Waals surface area contributed by atoms with Gasteiger partial charge in [-0.25, -0.2) is 0 Å². The summed E-state index contributed by atoms with van der Waals surface area (Å²) in [6, 6.07) is 11.6. The number of piperidine rings is 2. The largest absolute Gasteiger partial charge is 0.357 e. The van der Waals surface area contributed by atoms with E-state index in [9.17, 15) is 0 Å². The van der Waals surface area contributed by atoms with Gasteiger partial charge in [-0.1, -0.05) is 49.3 Å². The highest BCUT2D eigenvalue weighted by molar-refractivity contribution is 5.80. The molecule has 1 aromatic carbocycles. The van der Waals surface area contributed by atoms with Crippen molar-refractivity contribution >= 4 is 5.96 Å². The Bertz CT molecular complexity index is 864. The minimum atomic E-state index is 0.284. The Morgan fingerprint density at radius 3 is 2.81 bits per heavy atom. The van der Waals surface area contributed by atoms with Gasteiger partial charge in [0.2, 0.25) is 5.89 Å². The molecule has 2 unspecified atom stereocenters. The molecule has 0 aliphatic carbocycles. The third-order valence-electron chi connectivity index (χ3n) is 6.63. The number of nitrogens with one attached hydrogen (secondary N) is 1. The molecule has 0 amide bonds. The molecule has 7 heteroatoms. The SMILES string of the molecule is CCNC(=NCCc1nc(C(C)C)no1)N1CCC2C(CCCN2Cc2ccccc2)C1. The van der Waals surface area contributed by atoms with Crippen LogP contribution in [-0.4, -0.2) is 64.7 Å². The predicted octanol–water partition coefficient (Wildman–Crippen LogP) is 3.69. The standard InChI is InChI=1S/C25H38N6O/c1-4-26-25(27-14-12-23-28-24(19(2)3)29-32-23)31-16-13-22-21(18-31)11-8-15-30(22)17-20-9-6-5-7-10-20/h5-7,9-10,19,21-22H,4,8,11-18H2,1-3H3,(H,26,27). The van der Waals surface area contributed by atoms with Crippen LogP contribution >= 0.6 is 0 Å². The molecule has 0 spiro atoms. The molecule has 2 fully saturated rings. The van der Waals surface area contributed by atoms with E-state index in [1.807, 2.05) is 0 Å². The van der Waals surface area contributed by atoms with Crippen molar-refractivity contribution in [3.05, 3.63) is 47.6 Å². The van der Waals surface area contributed by atoms with Crippen molar-refractivity contribution in [2.45, 2.75) is 65.0 Å². The summed E-state index contributed by atoms with van der Waals surface area (Å²) in [5.74, 6) is 3.46. The van der Waals surface area contributed by atoms with Gasteiger partial charge in [0.15, 0.2) is 11.8 Å². The van der Waals surface area contributed by atoms with Crippen LogP contribution in [0.15, 0.2) is 39.8 Å². The summed E-state index contributed by atoms with van der Waals surface area (Å²) in [6.45, 7) is 12.2. The Morgan fingerprint density at radius 1 is 1.22 bits per heavy atom. The molecule has 32 heavy (non-hydrogen) atoms. The van der Waals surface area contributed by atoms with Crippen molar-refractivity contribution in [2.24, 2.45) is 10.9 Å². The van der Waals surface area contributed by atoms with E-state index in [0.29, 0.717) is 30.8 Å². The van der Waals surface area contributed by atoms with E-state index >= 15 is 0 Å². The van der Waals surface area contributed by atoms with Gasteiger partial charge in [-0.05, 0) is 44.2 Å². The van der Waals surface area contributed by atoms with Gasteiger partial charge in [0.1, 0.15) is 0 Å².